The van der Waals surface area contributed by atoms with Crippen LogP contribution in [0.2, 0.25) is 0 Å². The summed E-state index contributed by atoms with van der Waals surface area (Å²) in [6.07, 6.45) is -1.21. The Hall–Kier alpha value is -3.49. The van der Waals surface area contributed by atoms with Crippen LogP contribution in [-0.4, -0.2) is 29.5 Å². The number of carbonyl (C=O) groups excluding carboxylic acids is 2. The summed E-state index contributed by atoms with van der Waals surface area (Å²) < 4.78 is 23.7. The Morgan fingerprint density at radius 3 is 2.57 bits per heavy atom. The van der Waals surface area contributed by atoms with Gasteiger partial charge in [0.15, 0.2) is 11.9 Å². The maximum atomic E-state index is 13.6. The zero-order valence-electron chi connectivity index (χ0n) is 15.5. The fourth-order valence-electron chi connectivity index (χ4n) is 2.26. The number of hydrogen-bond acceptors (Lipinski definition) is 6. The van der Waals surface area contributed by atoms with Gasteiger partial charge in [-0.15, -0.1) is 0 Å². The van der Waals surface area contributed by atoms with Gasteiger partial charge in [-0.1, -0.05) is 6.07 Å². The van der Waals surface area contributed by atoms with Gasteiger partial charge in [-0.3, -0.25) is 14.9 Å². The highest BCUT2D eigenvalue weighted by molar-refractivity contribution is 5.97. The van der Waals surface area contributed by atoms with E-state index in [2.05, 4.69) is 5.32 Å². The van der Waals surface area contributed by atoms with Crippen LogP contribution in [0, 0.1) is 22.9 Å². The summed E-state index contributed by atoms with van der Waals surface area (Å²) in [6, 6.07) is 7.78. The molecule has 2 aromatic carbocycles. The van der Waals surface area contributed by atoms with E-state index in [1.165, 1.54) is 31.2 Å². The third-order valence-corrected chi connectivity index (χ3v) is 3.78. The predicted molar refractivity (Wildman–Crippen MR) is 98.9 cm³/mol. The van der Waals surface area contributed by atoms with Crippen molar-refractivity contribution in [2.75, 3.05) is 11.9 Å². The zero-order chi connectivity index (χ0) is 20.8. The summed E-state index contributed by atoms with van der Waals surface area (Å²) in [6.45, 7) is 4.82. The Labute approximate surface area is 160 Å². The number of ether oxygens (including phenoxy) is 2. The summed E-state index contributed by atoms with van der Waals surface area (Å²) >= 11 is 0. The van der Waals surface area contributed by atoms with Gasteiger partial charge in [-0.25, -0.2) is 9.18 Å². The number of nitrogens with zero attached hydrogens (tertiary/aromatic N) is 1. The number of amides is 1. The number of aryl methyl sites for hydroxylation is 1. The van der Waals surface area contributed by atoms with Crippen molar-refractivity contribution in [3.8, 4) is 5.75 Å². The maximum absolute atomic E-state index is 13.6. The van der Waals surface area contributed by atoms with E-state index in [0.717, 1.165) is 12.1 Å². The van der Waals surface area contributed by atoms with Gasteiger partial charge in [-0.05, 0) is 50.6 Å². The second kappa shape index (κ2) is 8.94. The van der Waals surface area contributed by atoms with Gasteiger partial charge in [0, 0.05) is 11.8 Å². The molecule has 1 amide bonds. The number of benzene rings is 2. The van der Waals surface area contributed by atoms with Crippen LogP contribution in [0.25, 0.3) is 0 Å². The minimum Gasteiger partial charge on any atom is -0.487 e. The zero-order valence-corrected chi connectivity index (χ0v) is 15.5. The number of carbonyl (C=O) groups is 2. The third-order valence-electron chi connectivity index (χ3n) is 3.78. The van der Waals surface area contributed by atoms with Gasteiger partial charge in [0.2, 0.25) is 0 Å². The molecule has 0 aliphatic heterocycles. The van der Waals surface area contributed by atoms with E-state index in [1.54, 1.807) is 13.8 Å². The van der Waals surface area contributed by atoms with Crippen LogP contribution in [0.3, 0.4) is 0 Å². The Kier molecular flexibility index (Phi) is 6.64. The Morgan fingerprint density at radius 2 is 1.96 bits per heavy atom. The van der Waals surface area contributed by atoms with Crippen molar-refractivity contribution >= 4 is 23.3 Å². The molecule has 0 fully saturated rings. The van der Waals surface area contributed by atoms with Crippen molar-refractivity contribution in [3.63, 3.8) is 0 Å². The molecular weight excluding hydrogens is 371 g/mol. The van der Waals surface area contributed by atoms with Crippen LogP contribution in [0.1, 0.15) is 29.8 Å². The van der Waals surface area contributed by atoms with Crippen LogP contribution < -0.4 is 10.1 Å². The Bertz CT molecular complexity index is 915. The molecule has 0 saturated carbocycles. The Balaban J connectivity index is 2.08. The molecule has 0 saturated heterocycles. The molecule has 0 unspecified atom stereocenters. The second-order valence-electron chi connectivity index (χ2n) is 5.87. The van der Waals surface area contributed by atoms with Crippen LogP contribution in [0.15, 0.2) is 36.4 Å². The molecule has 0 bridgehead atoms. The molecule has 28 heavy (non-hydrogen) atoms. The molecule has 1 atom stereocenters. The molecule has 2 rings (SSSR count). The maximum Gasteiger partial charge on any atom is 0.339 e. The highest BCUT2D eigenvalue weighted by atomic mass is 19.1. The molecular formula is C19H19FN2O6. The Morgan fingerprint density at radius 1 is 1.25 bits per heavy atom. The van der Waals surface area contributed by atoms with E-state index in [4.69, 9.17) is 9.47 Å². The molecule has 9 heteroatoms. The summed E-state index contributed by atoms with van der Waals surface area (Å²) in [5, 5.41) is 13.6. The minimum atomic E-state index is -1.21. The monoisotopic (exact) mass is 390 g/mol. The van der Waals surface area contributed by atoms with Gasteiger partial charge >= 0.3 is 11.7 Å². The number of nitro benzene ring substituents is 1. The first-order chi connectivity index (χ1) is 13.2. The molecule has 148 valence electrons. The van der Waals surface area contributed by atoms with Crippen LogP contribution in [0.4, 0.5) is 15.8 Å². The van der Waals surface area contributed by atoms with Gasteiger partial charge in [0.1, 0.15) is 5.82 Å². The highest BCUT2D eigenvalue weighted by Crippen LogP contribution is 2.28. The van der Waals surface area contributed by atoms with E-state index < -0.39 is 28.7 Å². The van der Waals surface area contributed by atoms with Crippen molar-refractivity contribution in [1.82, 2.24) is 0 Å². The molecule has 0 aliphatic carbocycles. The number of rotatable bonds is 7. The first-order valence-corrected chi connectivity index (χ1v) is 8.42. The number of nitro groups is 1. The first kappa shape index (κ1) is 20.8. The fourth-order valence-corrected chi connectivity index (χ4v) is 2.26. The topological polar surface area (TPSA) is 108 Å². The number of halogens is 1. The van der Waals surface area contributed by atoms with Crippen LogP contribution in [0.5, 0.6) is 5.75 Å². The van der Waals surface area contributed by atoms with E-state index in [0.29, 0.717) is 5.56 Å². The molecule has 0 heterocycles. The summed E-state index contributed by atoms with van der Waals surface area (Å²) in [5.41, 5.74) is 0.155. The molecule has 2 aromatic rings. The smallest absolute Gasteiger partial charge is 0.339 e. The van der Waals surface area contributed by atoms with Gasteiger partial charge in [-0.2, -0.15) is 0 Å². The van der Waals surface area contributed by atoms with Gasteiger partial charge in [0.25, 0.3) is 5.91 Å². The predicted octanol–water partition coefficient (Wildman–Crippen LogP) is 3.63. The summed E-state index contributed by atoms with van der Waals surface area (Å²) in [7, 11) is 0. The van der Waals surface area contributed by atoms with Crippen molar-refractivity contribution in [2.45, 2.75) is 26.9 Å². The molecule has 0 aliphatic rings. The van der Waals surface area contributed by atoms with Crippen molar-refractivity contribution in [1.29, 1.82) is 0 Å². The van der Waals surface area contributed by atoms with E-state index >= 15 is 0 Å². The number of hydrogen-bond donors (Lipinski definition) is 1. The summed E-state index contributed by atoms with van der Waals surface area (Å²) in [4.78, 5) is 34.8. The average Bonchev–Trinajstić information content (AvgIpc) is 2.64. The normalized spacial score (nSPS) is 11.4. The van der Waals surface area contributed by atoms with Crippen LogP contribution >= 0.6 is 0 Å². The van der Waals surface area contributed by atoms with Crippen LogP contribution in [-0.2, 0) is 9.53 Å². The lowest BCUT2D eigenvalue weighted by atomic mass is 10.2. The lowest BCUT2D eigenvalue weighted by Crippen LogP contribution is -2.30. The lowest BCUT2D eigenvalue weighted by molar-refractivity contribution is -0.385. The molecule has 0 radical (unpaired) electrons. The first-order valence-electron chi connectivity index (χ1n) is 8.42. The van der Waals surface area contributed by atoms with Crippen molar-refractivity contribution in [2.24, 2.45) is 0 Å². The van der Waals surface area contributed by atoms with Crippen molar-refractivity contribution < 1.29 is 28.4 Å². The number of esters is 1. The lowest BCUT2D eigenvalue weighted by Gasteiger charge is -2.14. The van der Waals surface area contributed by atoms with E-state index in [1.807, 2.05) is 0 Å². The van der Waals surface area contributed by atoms with Gasteiger partial charge in [0.05, 0.1) is 17.1 Å². The molecule has 1 N–H and O–H groups in total. The summed E-state index contributed by atoms with van der Waals surface area (Å²) in [5.74, 6) is -2.04. The average molecular weight is 390 g/mol. The fraction of sp³-hybridized carbons (Fsp3) is 0.263. The quantitative estimate of drug-likeness (QED) is 0.439. The second-order valence-corrected chi connectivity index (χ2v) is 5.87. The van der Waals surface area contributed by atoms with E-state index in [9.17, 15) is 24.1 Å². The standard InChI is InChI=1S/C19H19FN2O6/c1-4-27-17-8-6-13(9-16(17)22(25)26)19(24)28-12(3)18(23)21-14-7-5-11(2)15(20)10-14/h5-10,12H,4H2,1-3H3,(H,21,23)/t12-/m1/s1. The van der Waals surface area contributed by atoms with Crippen molar-refractivity contribution in [3.05, 3.63) is 63.5 Å². The third kappa shape index (κ3) is 5.03. The largest absolute Gasteiger partial charge is 0.487 e. The highest BCUT2D eigenvalue weighted by Gasteiger charge is 2.23. The minimum absolute atomic E-state index is 0.0243. The van der Waals surface area contributed by atoms with E-state index in [-0.39, 0.29) is 29.3 Å². The molecule has 0 aromatic heterocycles. The molecule has 8 nitrogen and oxygen atoms in total. The van der Waals surface area contributed by atoms with Gasteiger partial charge < -0.3 is 14.8 Å². The number of nitrogens with one attached hydrogen (secondary N) is 1. The molecule has 0 spiro atoms. The number of anilines is 1. The SMILES string of the molecule is CCOc1ccc(C(=O)O[C@H](C)C(=O)Nc2ccc(C)c(F)c2)cc1[N+](=O)[O-].